The molecule has 1 N–H and O–H groups in total. The van der Waals surface area contributed by atoms with Crippen LogP contribution in [0.2, 0.25) is 0 Å². The molecule has 0 heterocycles. The van der Waals surface area contributed by atoms with Gasteiger partial charge in [0.15, 0.2) is 5.78 Å². The lowest BCUT2D eigenvalue weighted by Crippen LogP contribution is -2.60. The van der Waals surface area contributed by atoms with E-state index in [1.807, 2.05) is 6.08 Å². The zero-order chi connectivity index (χ0) is 25.9. The molecule has 0 aromatic rings. The second-order valence-corrected chi connectivity index (χ2v) is 13.3. The van der Waals surface area contributed by atoms with Crippen LogP contribution in [-0.2, 0) is 9.53 Å². The van der Waals surface area contributed by atoms with Crippen LogP contribution in [0.5, 0.6) is 0 Å². The molecule has 5 rings (SSSR count). The lowest BCUT2D eigenvalue weighted by atomic mass is 9.40. The number of rotatable bonds is 3. The summed E-state index contributed by atoms with van der Waals surface area (Å²) in [6, 6.07) is 0. The number of allylic oxidation sites excluding steroid dienone is 4. The highest BCUT2D eigenvalue weighted by Crippen LogP contribution is 2.71. The number of fused-ring (bicyclic) bond motifs is 5. The van der Waals surface area contributed by atoms with Crippen LogP contribution in [0.3, 0.4) is 0 Å². The first kappa shape index (κ1) is 25.8. The Morgan fingerprint density at radius 2 is 1.92 bits per heavy atom. The third kappa shape index (κ3) is 3.76. The van der Waals surface area contributed by atoms with Crippen LogP contribution >= 0.6 is 0 Å². The van der Waals surface area contributed by atoms with Gasteiger partial charge >= 0.3 is 0 Å². The molecule has 0 aromatic carbocycles. The largest absolute Gasteiger partial charge is 0.378 e. The molecule has 3 fully saturated rings. The van der Waals surface area contributed by atoms with E-state index in [1.165, 1.54) is 11.3 Å². The lowest BCUT2D eigenvalue weighted by molar-refractivity contribution is -0.150. The van der Waals surface area contributed by atoms with E-state index >= 15 is 0 Å². The van der Waals surface area contributed by atoms with E-state index in [4.69, 9.17) is 4.74 Å². The summed E-state index contributed by atoms with van der Waals surface area (Å²) in [5, 5.41) is 12.1. The molecular formula is C32H45NO3. The summed E-state index contributed by atoms with van der Waals surface area (Å²) < 4.78 is 5.21. The molecule has 3 saturated carbocycles. The van der Waals surface area contributed by atoms with E-state index in [2.05, 4.69) is 69.8 Å². The molecule has 196 valence electrons. The van der Waals surface area contributed by atoms with Crippen LogP contribution in [0.15, 0.2) is 35.6 Å². The van der Waals surface area contributed by atoms with Crippen LogP contribution in [-0.4, -0.2) is 49.2 Å². The predicted octanol–water partition coefficient (Wildman–Crippen LogP) is 5.54. The van der Waals surface area contributed by atoms with E-state index in [0.29, 0.717) is 42.5 Å². The minimum Gasteiger partial charge on any atom is -0.378 e. The number of hydrogen-bond acceptors (Lipinski definition) is 4. The fourth-order valence-electron chi connectivity index (χ4n) is 9.19. The number of nitrogens with zero attached hydrogens (tertiary/aromatic N) is 1. The minimum atomic E-state index is -0.974. The summed E-state index contributed by atoms with van der Waals surface area (Å²) >= 11 is 0. The number of hydrogen-bond donors (Lipinski definition) is 1. The molecule has 4 heteroatoms. The molecular weight excluding hydrogens is 446 g/mol. The third-order valence-electron chi connectivity index (χ3n) is 11.3. The highest BCUT2D eigenvalue weighted by Gasteiger charge is 2.67. The van der Waals surface area contributed by atoms with Crippen LogP contribution in [0.25, 0.3) is 0 Å². The van der Waals surface area contributed by atoms with Gasteiger partial charge in [-0.3, -0.25) is 4.79 Å². The quantitative estimate of drug-likeness (QED) is 0.527. The van der Waals surface area contributed by atoms with Crippen molar-refractivity contribution >= 4 is 5.78 Å². The van der Waals surface area contributed by atoms with Gasteiger partial charge < -0.3 is 14.7 Å². The van der Waals surface area contributed by atoms with Gasteiger partial charge in [-0.05, 0) is 91.6 Å². The maximum atomic E-state index is 12.5. The summed E-state index contributed by atoms with van der Waals surface area (Å²) in [6.45, 7) is 7.61. The number of methoxy groups -OCH3 is 1. The van der Waals surface area contributed by atoms with Crippen molar-refractivity contribution in [2.24, 2.45) is 39.9 Å². The monoisotopic (exact) mass is 491 g/mol. The van der Waals surface area contributed by atoms with Crippen LogP contribution in [0, 0.1) is 51.8 Å². The first-order valence-corrected chi connectivity index (χ1v) is 14.0. The van der Waals surface area contributed by atoms with Crippen LogP contribution in [0.1, 0.15) is 72.1 Å². The van der Waals surface area contributed by atoms with Gasteiger partial charge in [-0.2, -0.15) is 0 Å². The van der Waals surface area contributed by atoms with Gasteiger partial charge in [-0.1, -0.05) is 50.3 Å². The van der Waals surface area contributed by atoms with Gasteiger partial charge in [-0.25, -0.2) is 0 Å². The van der Waals surface area contributed by atoms with Crippen molar-refractivity contribution in [3.8, 4) is 11.8 Å². The van der Waals surface area contributed by atoms with Gasteiger partial charge in [0.25, 0.3) is 0 Å². The molecule has 1 unspecified atom stereocenters. The lowest BCUT2D eigenvalue weighted by Gasteiger charge is -2.64. The predicted molar refractivity (Wildman–Crippen MR) is 144 cm³/mol. The second-order valence-electron chi connectivity index (χ2n) is 13.3. The summed E-state index contributed by atoms with van der Waals surface area (Å²) in [5.41, 5.74) is 1.52. The normalized spacial score (nSPS) is 45.5. The Bertz CT molecular complexity index is 1070. The average Bonchev–Trinajstić information content (AvgIpc) is 3.10. The zero-order valence-electron chi connectivity index (χ0n) is 23.2. The zero-order valence-corrected chi connectivity index (χ0v) is 23.2. The van der Waals surface area contributed by atoms with Gasteiger partial charge in [0.05, 0.1) is 0 Å². The first-order valence-electron chi connectivity index (χ1n) is 14.0. The standard InChI is InChI=1S/C32H45NO3/c1-29(15-10-23(11-16-29)33(4)5)27-21-31(3)26(13-18-32(31,35)14-7-19-36-6)25-9-8-22-20-24(34)12-17-30(22,2)28(25)27/h10-11,15,20,25-28,35H,8-9,12-13,16-19,21H2,1-6H3/t25-,26-,27-,28+,29?,30-,31-,32-/m0/s1. The smallest absolute Gasteiger partial charge is 0.155 e. The van der Waals surface area contributed by atoms with Crippen LogP contribution < -0.4 is 0 Å². The maximum Gasteiger partial charge on any atom is 0.155 e. The fourth-order valence-corrected chi connectivity index (χ4v) is 9.19. The Kier molecular flexibility index (Phi) is 6.37. The van der Waals surface area contributed by atoms with Gasteiger partial charge in [0, 0.05) is 38.7 Å². The van der Waals surface area contributed by atoms with E-state index < -0.39 is 5.60 Å². The topological polar surface area (TPSA) is 49.8 Å². The van der Waals surface area contributed by atoms with Gasteiger partial charge in [-0.15, -0.1) is 0 Å². The molecule has 5 aliphatic carbocycles. The second kappa shape index (κ2) is 8.88. The summed E-state index contributed by atoms with van der Waals surface area (Å²) in [7, 11) is 5.88. The molecule has 8 atom stereocenters. The third-order valence-corrected chi connectivity index (χ3v) is 11.3. The number of carbonyl (C=O) groups excluding carboxylic acids is 1. The average molecular weight is 492 g/mol. The van der Waals surface area contributed by atoms with E-state index in [1.54, 1.807) is 7.11 Å². The molecule has 4 nitrogen and oxygen atoms in total. The number of aliphatic hydroxyl groups is 1. The van der Waals surface area contributed by atoms with E-state index in [9.17, 15) is 9.90 Å². The number of ether oxygens (including phenoxy) is 1. The molecule has 0 saturated heterocycles. The molecule has 0 radical (unpaired) electrons. The Morgan fingerprint density at radius 3 is 2.58 bits per heavy atom. The van der Waals surface area contributed by atoms with Crippen molar-refractivity contribution in [3.63, 3.8) is 0 Å². The molecule has 36 heavy (non-hydrogen) atoms. The van der Waals surface area contributed by atoms with Crippen molar-refractivity contribution in [2.45, 2.75) is 77.7 Å². The fraction of sp³-hybridized carbons (Fsp3) is 0.719. The van der Waals surface area contributed by atoms with Crippen molar-refractivity contribution < 1.29 is 14.6 Å². The van der Waals surface area contributed by atoms with E-state index in [-0.39, 0.29) is 16.2 Å². The Hall–Kier alpha value is -1.83. The summed E-state index contributed by atoms with van der Waals surface area (Å²) in [6.07, 6.45) is 16.7. The molecule has 0 aromatic heterocycles. The van der Waals surface area contributed by atoms with Crippen molar-refractivity contribution in [1.82, 2.24) is 4.90 Å². The van der Waals surface area contributed by atoms with Gasteiger partial charge in [0.2, 0.25) is 0 Å². The summed E-state index contributed by atoms with van der Waals surface area (Å²) in [5.74, 6) is 8.69. The Morgan fingerprint density at radius 1 is 1.14 bits per heavy atom. The van der Waals surface area contributed by atoms with Crippen molar-refractivity contribution in [3.05, 3.63) is 35.6 Å². The number of ketones is 1. The summed E-state index contributed by atoms with van der Waals surface area (Å²) in [4.78, 5) is 14.6. The minimum absolute atomic E-state index is 0.00673. The molecule has 0 amide bonds. The van der Waals surface area contributed by atoms with Crippen molar-refractivity contribution in [2.75, 3.05) is 27.8 Å². The SMILES string of the molecule is COCC#C[C@]1(O)CC[C@H]2[C@@H]3CCC4=CC(=O)CC[C@]4(C)[C@H]3[C@@H](C3(C)C=CC(N(C)C)=CC3)C[C@@]21C. The number of likely N-dealkylation sites (N-methyl/N-ethyl adjacent to an activating group) is 1. The Balaban J connectivity index is 1.61. The number of carbonyl (C=O) groups is 1. The molecule has 0 aliphatic heterocycles. The van der Waals surface area contributed by atoms with Crippen LogP contribution in [0.4, 0.5) is 0 Å². The molecule has 0 bridgehead atoms. The highest BCUT2D eigenvalue weighted by molar-refractivity contribution is 5.91. The maximum absolute atomic E-state index is 12.5. The first-order chi connectivity index (χ1) is 17.0. The van der Waals surface area contributed by atoms with Gasteiger partial charge in [0.1, 0.15) is 12.2 Å². The molecule has 5 aliphatic rings. The van der Waals surface area contributed by atoms with Crippen molar-refractivity contribution in [1.29, 1.82) is 0 Å². The van der Waals surface area contributed by atoms with E-state index in [0.717, 1.165) is 44.9 Å². The Labute approximate surface area is 218 Å². The molecule has 0 spiro atoms. The highest BCUT2D eigenvalue weighted by atomic mass is 16.5.